The molecule has 0 bridgehead atoms. The van der Waals surface area contributed by atoms with Crippen molar-refractivity contribution in [2.75, 3.05) is 32.7 Å². The van der Waals surface area contributed by atoms with Crippen molar-refractivity contribution in [1.29, 1.82) is 0 Å². The molecule has 0 aromatic heterocycles. The van der Waals surface area contributed by atoms with E-state index in [1.807, 2.05) is 0 Å². The highest BCUT2D eigenvalue weighted by Crippen LogP contribution is 2.22. The zero-order valence-corrected chi connectivity index (χ0v) is 12.5. The van der Waals surface area contributed by atoms with Crippen molar-refractivity contribution < 1.29 is 0 Å². The SMILES string of the molecule is CCCN(C1CCN(C(C)C)CC1)C1CCNC1. The van der Waals surface area contributed by atoms with E-state index in [9.17, 15) is 0 Å². The van der Waals surface area contributed by atoms with Crippen LogP contribution in [0.3, 0.4) is 0 Å². The highest BCUT2D eigenvalue weighted by molar-refractivity contribution is 4.88. The molecule has 1 N–H and O–H groups in total. The molecule has 18 heavy (non-hydrogen) atoms. The van der Waals surface area contributed by atoms with Crippen molar-refractivity contribution in [1.82, 2.24) is 15.1 Å². The fourth-order valence-corrected chi connectivity index (χ4v) is 3.58. The molecule has 2 heterocycles. The molecule has 0 aromatic carbocycles. The third-order valence-corrected chi connectivity index (χ3v) is 4.68. The quantitative estimate of drug-likeness (QED) is 0.808. The molecule has 106 valence electrons. The summed E-state index contributed by atoms with van der Waals surface area (Å²) in [7, 11) is 0. The van der Waals surface area contributed by atoms with Crippen LogP contribution in [0.25, 0.3) is 0 Å². The Morgan fingerprint density at radius 3 is 2.39 bits per heavy atom. The highest BCUT2D eigenvalue weighted by Gasteiger charge is 2.30. The van der Waals surface area contributed by atoms with Gasteiger partial charge in [0.15, 0.2) is 0 Å². The predicted molar refractivity (Wildman–Crippen MR) is 78.0 cm³/mol. The Morgan fingerprint density at radius 2 is 1.89 bits per heavy atom. The largest absolute Gasteiger partial charge is 0.315 e. The number of nitrogens with zero attached hydrogens (tertiary/aromatic N) is 2. The van der Waals surface area contributed by atoms with Gasteiger partial charge in [-0.2, -0.15) is 0 Å². The Kier molecular flexibility index (Phi) is 5.46. The van der Waals surface area contributed by atoms with Gasteiger partial charge in [0.25, 0.3) is 0 Å². The normalized spacial score (nSPS) is 27.5. The molecule has 2 aliphatic rings. The van der Waals surface area contributed by atoms with E-state index < -0.39 is 0 Å². The number of rotatable bonds is 5. The summed E-state index contributed by atoms with van der Waals surface area (Å²) in [6.45, 7) is 13.3. The van der Waals surface area contributed by atoms with Crippen molar-refractivity contribution in [2.24, 2.45) is 0 Å². The molecule has 0 amide bonds. The van der Waals surface area contributed by atoms with Crippen molar-refractivity contribution in [3.8, 4) is 0 Å². The van der Waals surface area contributed by atoms with Gasteiger partial charge in [0.05, 0.1) is 0 Å². The summed E-state index contributed by atoms with van der Waals surface area (Å²) in [6, 6.07) is 2.36. The number of piperidine rings is 1. The molecule has 2 saturated heterocycles. The van der Waals surface area contributed by atoms with Crippen molar-refractivity contribution in [3.05, 3.63) is 0 Å². The van der Waals surface area contributed by atoms with Crippen LogP contribution >= 0.6 is 0 Å². The van der Waals surface area contributed by atoms with Crippen LogP contribution in [0.4, 0.5) is 0 Å². The first kappa shape index (κ1) is 14.3. The van der Waals surface area contributed by atoms with Gasteiger partial charge in [0.1, 0.15) is 0 Å². The smallest absolute Gasteiger partial charge is 0.0235 e. The van der Waals surface area contributed by atoms with E-state index in [0.717, 1.165) is 18.1 Å². The summed E-state index contributed by atoms with van der Waals surface area (Å²) in [5.74, 6) is 0. The van der Waals surface area contributed by atoms with Crippen LogP contribution in [-0.4, -0.2) is 60.6 Å². The summed E-state index contributed by atoms with van der Waals surface area (Å²) in [4.78, 5) is 5.45. The minimum absolute atomic E-state index is 0.721. The predicted octanol–water partition coefficient (Wildman–Crippen LogP) is 1.93. The molecule has 0 saturated carbocycles. The summed E-state index contributed by atoms with van der Waals surface area (Å²) in [5, 5.41) is 3.53. The minimum atomic E-state index is 0.721. The van der Waals surface area contributed by atoms with Crippen LogP contribution in [-0.2, 0) is 0 Å². The van der Waals surface area contributed by atoms with Crippen LogP contribution in [0.2, 0.25) is 0 Å². The van der Waals surface area contributed by atoms with E-state index in [0.29, 0.717) is 0 Å². The molecular weight excluding hydrogens is 222 g/mol. The molecule has 1 unspecified atom stereocenters. The molecule has 2 fully saturated rings. The molecular formula is C15H31N3. The average molecular weight is 253 g/mol. The van der Waals surface area contributed by atoms with Gasteiger partial charge in [-0.1, -0.05) is 6.92 Å². The van der Waals surface area contributed by atoms with Crippen molar-refractivity contribution in [2.45, 2.75) is 64.6 Å². The third kappa shape index (κ3) is 3.46. The van der Waals surface area contributed by atoms with Gasteiger partial charge in [-0.3, -0.25) is 4.90 Å². The minimum Gasteiger partial charge on any atom is -0.315 e. The van der Waals surface area contributed by atoms with Gasteiger partial charge in [0.2, 0.25) is 0 Å². The summed E-state index contributed by atoms with van der Waals surface area (Å²) >= 11 is 0. The lowest BCUT2D eigenvalue weighted by atomic mass is 9.99. The van der Waals surface area contributed by atoms with E-state index in [4.69, 9.17) is 0 Å². The van der Waals surface area contributed by atoms with Gasteiger partial charge in [-0.15, -0.1) is 0 Å². The van der Waals surface area contributed by atoms with Gasteiger partial charge in [0, 0.05) is 24.7 Å². The van der Waals surface area contributed by atoms with Gasteiger partial charge in [-0.05, 0) is 65.7 Å². The fraction of sp³-hybridized carbons (Fsp3) is 1.00. The third-order valence-electron chi connectivity index (χ3n) is 4.68. The molecule has 1 atom stereocenters. The first-order valence-corrected chi connectivity index (χ1v) is 7.93. The van der Waals surface area contributed by atoms with Crippen LogP contribution in [0.5, 0.6) is 0 Å². The first-order chi connectivity index (χ1) is 8.72. The van der Waals surface area contributed by atoms with Crippen molar-refractivity contribution >= 4 is 0 Å². The molecule has 0 aromatic rings. The van der Waals surface area contributed by atoms with Gasteiger partial charge < -0.3 is 10.2 Å². The molecule has 2 aliphatic heterocycles. The fourth-order valence-electron chi connectivity index (χ4n) is 3.58. The zero-order valence-electron chi connectivity index (χ0n) is 12.5. The Labute approximate surface area is 113 Å². The Hall–Kier alpha value is -0.120. The standard InChI is InChI=1S/C15H31N3/c1-4-9-18(15-5-8-16-12-15)14-6-10-17(11-7-14)13(2)3/h13-16H,4-12H2,1-3H3. The maximum atomic E-state index is 3.53. The second kappa shape index (κ2) is 6.88. The van der Waals surface area contributed by atoms with E-state index in [1.54, 1.807) is 0 Å². The summed E-state index contributed by atoms with van der Waals surface area (Å²) in [6.07, 6.45) is 5.38. The monoisotopic (exact) mass is 253 g/mol. The zero-order chi connectivity index (χ0) is 13.0. The second-order valence-corrected chi connectivity index (χ2v) is 6.25. The van der Waals surface area contributed by atoms with E-state index in [2.05, 4.69) is 35.9 Å². The lowest BCUT2D eigenvalue weighted by molar-refractivity contribution is 0.0678. The summed E-state index contributed by atoms with van der Waals surface area (Å²) < 4.78 is 0. The highest BCUT2D eigenvalue weighted by atomic mass is 15.2. The van der Waals surface area contributed by atoms with Crippen LogP contribution in [0.1, 0.15) is 46.5 Å². The lowest BCUT2D eigenvalue weighted by Gasteiger charge is -2.42. The van der Waals surface area contributed by atoms with Crippen molar-refractivity contribution in [3.63, 3.8) is 0 Å². The lowest BCUT2D eigenvalue weighted by Crippen LogP contribution is -2.51. The number of nitrogens with one attached hydrogen (secondary N) is 1. The molecule has 2 rings (SSSR count). The van der Waals surface area contributed by atoms with E-state index in [1.165, 1.54) is 58.4 Å². The number of hydrogen-bond donors (Lipinski definition) is 1. The molecule has 0 aliphatic carbocycles. The Morgan fingerprint density at radius 1 is 1.17 bits per heavy atom. The van der Waals surface area contributed by atoms with Gasteiger partial charge in [-0.25, -0.2) is 0 Å². The first-order valence-electron chi connectivity index (χ1n) is 7.93. The number of likely N-dealkylation sites (tertiary alicyclic amines) is 1. The van der Waals surface area contributed by atoms with Gasteiger partial charge >= 0.3 is 0 Å². The molecule has 3 nitrogen and oxygen atoms in total. The topological polar surface area (TPSA) is 18.5 Å². The average Bonchev–Trinajstić information content (AvgIpc) is 2.90. The van der Waals surface area contributed by atoms with Crippen LogP contribution < -0.4 is 5.32 Å². The molecule has 0 radical (unpaired) electrons. The van der Waals surface area contributed by atoms with Crippen LogP contribution in [0.15, 0.2) is 0 Å². The maximum Gasteiger partial charge on any atom is 0.0235 e. The van der Waals surface area contributed by atoms with E-state index >= 15 is 0 Å². The van der Waals surface area contributed by atoms with Crippen LogP contribution in [0, 0.1) is 0 Å². The second-order valence-electron chi connectivity index (χ2n) is 6.25. The Balaban J connectivity index is 1.87. The maximum absolute atomic E-state index is 3.53. The molecule has 3 heteroatoms. The number of hydrogen-bond acceptors (Lipinski definition) is 3. The van der Waals surface area contributed by atoms with E-state index in [-0.39, 0.29) is 0 Å². The molecule has 0 spiro atoms. The summed E-state index contributed by atoms with van der Waals surface area (Å²) in [5.41, 5.74) is 0. The Bertz CT molecular complexity index is 228.